The molecule has 2 aliphatic rings. The Morgan fingerprint density at radius 1 is 1.06 bits per heavy atom. The van der Waals surface area contributed by atoms with Crippen molar-refractivity contribution in [3.05, 3.63) is 77.3 Å². The largest absolute Gasteiger partial charge is 0.489 e. The highest BCUT2D eigenvalue weighted by Crippen LogP contribution is 2.39. The molecular formula is C28H31NO5S. The summed E-state index contributed by atoms with van der Waals surface area (Å²) in [5.41, 5.74) is 2.92. The molecule has 0 unspecified atom stereocenters. The van der Waals surface area contributed by atoms with Crippen LogP contribution in [0.5, 0.6) is 5.75 Å². The van der Waals surface area contributed by atoms with Crippen molar-refractivity contribution in [2.75, 3.05) is 13.2 Å². The second-order valence-electron chi connectivity index (χ2n) is 9.40. The van der Waals surface area contributed by atoms with Crippen molar-refractivity contribution in [1.29, 1.82) is 0 Å². The molecule has 1 aromatic heterocycles. The molecule has 2 fully saturated rings. The van der Waals surface area contributed by atoms with Crippen molar-refractivity contribution in [3.8, 4) is 5.75 Å². The summed E-state index contributed by atoms with van der Waals surface area (Å²) < 4.78 is 43.1. The van der Waals surface area contributed by atoms with E-state index in [1.807, 2.05) is 37.3 Å². The van der Waals surface area contributed by atoms with Crippen molar-refractivity contribution in [1.82, 2.24) is 4.98 Å². The lowest BCUT2D eigenvalue weighted by atomic mass is 9.83. The number of pyridine rings is 1. The fourth-order valence-electron chi connectivity index (χ4n) is 4.99. The van der Waals surface area contributed by atoms with Gasteiger partial charge in [-0.2, -0.15) is 0 Å². The minimum atomic E-state index is -3.50. The molecule has 35 heavy (non-hydrogen) atoms. The van der Waals surface area contributed by atoms with Crippen LogP contribution in [0.2, 0.25) is 0 Å². The number of allylic oxidation sites excluding steroid dienone is 1. The number of hydrogen-bond donors (Lipinski definition) is 0. The summed E-state index contributed by atoms with van der Waals surface area (Å²) in [5, 5.41) is 2.39. The number of nitrogens with zero attached hydrogens (tertiary/aromatic N) is 1. The highest BCUT2D eigenvalue weighted by atomic mass is 32.2. The quantitative estimate of drug-likeness (QED) is 0.418. The second kappa shape index (κ2) is 10.1. The van der Waals surface area contributed by atoms with Gasteiger partial charge in [0, 0.05) is 34.9 Å². The van der Waals surface area contributed by atoms with Gasteiger partial charge in [-0.25, -0.2) is 8.42 Å². The van der Waals surface area contributed by atoms with Gasteiger partial charge in [0.05, 0.1) is 23.6 Å². The van der Waals surface area contributed by atoms with Gasteiger partial charge in [0.1, 0.15) is 12.4 Å². The van der Waals surface area contributed by atoms with Crippen LogP contribution in [0, 0.1) is 12.8 Å². The van der Waals surface area contributed by atoms with Crippen LogP contribution < -0.4 is 4.74 Å². The lowest BCUT2D eigenvalue weighted by molar-refractivity contribution is -0.182. The van der Waals surface area contributed by atoms with E-state index in [0.29, 0.717) is 31.5 Å². The lowest BCUT2D eigenvalue weighted by Gasteiger charge is -2.35. The Morgan fingerprint density at radius 2 is 1.77 bits per heavy atom. The smallest absolute Gasteiger partial charge is 0.199 e. The number of fused-ring (bicyclic) bond motifs is 1. The molecule has 0 bridgehead atoms. The Morgan fingerprint density at radius 3 is 2.51 bits per heavy atom. The van der Waals surface area contributed by atoms with Crippen LogP contribution in [0.4, 0.5) is 0 Å². The molecule has 1 aliphatic carbocycles. The van der Waals surface area contributed by atoms with Crippen LogP contribution in [0.25, 0.3) is 10.9 Å². The van der Waals surface area contributed by atoms with Crippen LogP contribution in [-0.2, 0) is 25.9 Å². The molecule has 1 saturated carbocycles. The molecule has 1 spiro atoms. The standard InChI is InChI=1S/C28H31NO5S/c1-21-19-23(26-6-2-3-7-27(26)29-21)20-32-24-8-10-25(11-9-24)35(30,31)18-4-5-22-12-14-28(15-13-22)33-16-17-34-28/h2-4,6-11,18-19,22H,5,12-17,20H2,1H3/b18-4-. The molecule has 5 rings (SSSR count). The van der Waals surface area contributed by atoms with E-state index in [-0.39, 0.29) is 10.7 Å². The predicted octanol–water partition coefficient (Wildman–Crippen LogP) is 5.73. The molecule has 1 saturated heterocycles. The Kier molecular flexibility index (Phi) is 6.91. The Bertz CT molecular complexity index is 1300. The molecule has 3 aromatic rings. The first-order chi connectivity index (χ1) is 16.9. The van der Waals surface area contributed by atoms with Crippen molar-refractivity contribution in [3.63, 3.8) is 0 Å². The van der Waals surface area contributed by atoms with Crippen LogP contribution >= 0.6 is 0 Å². The summed E-state index contributed by atoms with van der Waals surface area (Å²) in [6, 6.07) is 16.6. The lowest BCUT2D eigenvalue weighted by Crippen LogP contribution is -2.35. The highest BCUT2D eigenvalue weighted by molar-refractivity contribution is 7.94. The first-order valence-corrected chi connectivity index (χ1v) is 13.7. The van der Waals surface area contributed by atoms with E-state index in [1.165, 1.54) is 5.41 Å². The molecule has 184 valence electrons. The molecule has 0 radical (unpaired) electrons. The van der Waals surface area contributed by atoms with Crippen molar-refractivity contribution in [2.24, 2.45) is 5.92 Å². The number of sulfone groups is 1. The van der Waals surface area contributed by atoms with Crippen LogP contribution in [0.3, 0.4) is 0 Å². The summed E-state index contributed by atoms with van der Waals surface area (Å²) in [7, 11) is -3.50. The normalized spacial score (nSPS) is 18.5. The van der Waals surface area contributed by atoms with E-state index in [1.54, 1.807) is 30.3 Å². The van der Waals surface area contributed by atoms with Crippen LogP contribution in [0.15, 0.2) is 71.0 Å². The van der Waals surface area contributed by atoms with Gasteiger partial charge in [-0.15, -0.1) is 0 Å². The average Bonchev–Trinajstić information content (AvgIpc) is 3.32. The summed E-state index contributed by atoms with van der Waals surface area (Å²) >= 11 is 0. The third kappa shape index (κ3) is 5.58. The fourth-order valence-corrected chi connectivity index (χ4v) is 6.03. The third-order valence-electron chi connectivity index (χ3n) is 6.90. The molecule has 1 aliphatic heterocycles. The van der Waals surface area contributed by atoms with E-state index in [2.05, 4.69) is 4.98 Å². The zero-order valence-corrected chi connectivity index (χ0v) is 20.8. The first-order valence-electron chi connectivity index (χ1n) is 12.2. The zero-order chi connectivity index (χ0) is 24.3. The number of ether oxygens (including phenoxy) is 3. The molecule has 0 N–H and O–H groups in total. The van der Waals surface area contributed by atoms with Crippen LogP contribution in [0.1, 0.15) is 43.4 Å². The average molecular weight is 494 g/mol. The number of aromatic nitrogens is 1. The van der Waals surface area contributed by atoms with Crippen molar-refractivity contribution < 1.29 is 22.6 Å². The number of aryl methyl sites for hydroxylation is 1. The molecule has 0 amide bonds. The van der Waals surface area contributed by atoms with Crippen molar-refractivity contribution >= 4 is 20.7 Å². The predicted molar refractivity (Wildman–Crippen MR) is 135 cm³/mol. The Balaban J connectivity index is 1.17. The number of rotatable bonds is 7. The number of benzene rings is 2. The minimum absolute atomic E-state index is 0.265. The van der Waals surface area contributed by atoms with E-state index in [4.69, 9.17) is 14.2 Å². The second-order valence-corrected chi connectivity index (χ2v) is 11.2. The monoisotopic (exact) mass is 493 g/mol. The van der Waals surface area contributed by atoms with Crippen molar-refractivity contribution in [2.45, 2.75) is 56.3 Å². The van der Waals surface area contributed by atoms with Crippen LogP contribution in [-0.4, -0.2) is 32.4 Å². The van der Waals surface area contributed by atoms with Gasteiger partial charge in [-0.05, 0) is 68.5 Å². The Hall–Kier alpha value is -2.74. The van der Waals surface area contributed by atoms with E-state index >= 15 is 0 Å². The molecule has 0 atom stereocenters. The zero-order valence-electron chi connectivity index (χ0n) is 20.0. The van der Waals surface area contributed by atoms with Gasteiger partial charge in [-0.1, -0.05) is 24.3 Å². The van der Waals surface area contributed by atoms with Gasteiger partial charge in [0.25, 0.3) is 0 Å². The minimum Gasteiger partial charge on any atom is -0.489 e. The molecule has 2 heterocycles. The Labute approximate surface area is 206 Å². The van der Waals surface area contributed by atoms with Gasteiger partial charge in [0.15, 0.2) is 15.6 Å². The van der Waals surface area contributed by atoms with E-state index in [0.717, 1.165) is 54.3 Å². The first kappa shape index (κ1) is 24.0. The maximum atomic E-state index is 12.8. The van der Waals surface area contributed by atoms with Gasteiger partial charge < -0.3 is 14.2 Å². The highest BCUT2D eigenvalue weighted by Gasteiger charge is 2.39. The molecule has 7 heteroatoms. The summed E-state index contributed by atoms with van der Waals surface area (Å²) in [6.45, 7) is 3.70. The van der Waals surface area contributed by atoms with E-state index in [9.17, 15) is 8.42 Å². The van der Waals surface area contributed by atoms with Gasteiger partial charge >= 0.3 is 0 Å². The SMILES string of the molecule is Cc1cc(COc2ccc(S(=O)(=O)/C=C\CC3CCC4(CC3)OCCO4)cc2)c2ccccc2n1. The van der Waals surface area contributed by atoms with E-state index < -0.39 is 9.84 Å². The third-order valence-corrected chi connectivity index (χ3v) is 8.38. The number of hydrogen-bond acceptors (Lipinski definition) is 6. The summed E-state index contributed by atoms with van der Waals surface area (Å²) in [4.78, 5) is 4.83. The maximum Gasteiger partial charge on any atom is 0.199 e. The fraction of sp³-hybridized carbons (Fsp3) is 0.393. The molecule has 6 nitrogen and oxygen atoms in total. The topological polar surface area (TPSA) is 74.7 Å². The summed E-state index contributed by atoms with van der Waals surface area (Å²) in [6.07, 6.45) is 6.28. The summed E-state index contributed by atoms with van der Waals surface area (Å²) in [5.74, 6) is 0.710. The van der Waals surface area contributed by atoms with Gasteiger partial charge in [0.2, 0.25) is 0 Å². The molecule has 2 aromatic carbocycles. The van der Waals surface area contributed by atoms with Gasteiger partial charge in [-0.3, -0.25) is 4.98 Å². The number of para-hydroxylation sites is 1. The maximum absolute atomic E-state index is 12.8. The molecular weight excluding hydrogens is 462 g/mol.